The lowest BCUT2D eigenvalue weighted by atomic mass is 9.86. The first kappa shape index (κ1) is 28.4. The van der Waals surface area contributed by atoms with Crippen LogP contribution in [0.2, 0.25) is 0 Å². The minimum atomic E-state index is -3.89. The minimum Gasteiger partial charge on any atom is -0.497 e. The molecule has 0 atom stereocenters. The fourth-order valence-electron chi connectivity index (χ4n) is 3.91. The Kier molecular flexibility index (Phi) is 8.25. The van der Waals surface area contributed by atoms with Crippen LogP contribution >= 0.6 is 0 Å². The number of carbonyl (C=O) groups excluding carboxylic acids is 2. The van der Waals surface area contributed by atoms with Crippen LogP contribution in [0.5, 0.6) is 5.75 Å². The van der Waals surface area contributed by atoms with E-state index in [0.29, 0.717) is 17.0 Å². The monoisotopic (exact) mass is 557 g/mol. The Balaban J connectivity index is 1.65. The number of hydrogen-bond donors (Lipinski definition) is 3. The van der Waals surface area contributed by atoms with E-state index >= 15 is 0 Å². The van der Waals surface area contributed by atoms with Gasteiger partial charge in [0, 0.05) is 11.3 Å². The molecular weight excluding hydrogens is 526 g/mol. The largest absolute Gasteiger partial charge is 0.497 e. The minimum absolute atomic E-state index is 0.0774. The van der Waals surface area contributed by atoms with Crippen LogP contribution in [0, 0.1) is 0 Å². The Morgan fingerprint density at radius 1 is 0.725 bits per heavy atom. The second kappa shape index (κ2) is 11.6. The zero-order chi connectivity index (χ0) is 28.9. The Labute approximate surface area is 234 Å². The molecule has 206 valence electrons. The van der Waals surface area contributed by atoms with Gasteiger partial charge in [0.2, 0.25) is 0 Å². The van der Waals surface area contributed by atoms with Crippen molar-refractivity contribution in [3.05, 3.63) is 114 Å². The molecule has 0 unspecified atom stereocenters. The van der Waals surface area contributed by atoms with E-state index < -0.39 is 21.8 Å². The van der Waals surface area contributed by atoms with E-state index in [-0.39, 0.29) is 27.2 Å². The molecule has 0 aliphatic rings. The van der Waals surface area contributed by atoms with Crippen LogP contribution in [0.1, 0.15) is 47.1 Å². The third-order valence-electron chi connectivity index (χ3n) is 6.18. The molecule has 0 bridgehead atoms. The molecule has 0 saturated heterocycles. The van der Waals surface area contributed by atoms with Gasteiger partial charge in [-0.3, -0.25) is 14.3 Å². The lowest BCUT2D eigenvalue weighted by Crippen LogP contribution is -2.19. The molecule has 0 fully saturated rings. The fraction of sp³-hybridized carbons (Fsp3) is 0.161. The first-order valence-corrected chi connectivity index (χ1v) is 14.0. The average molecular weight is 558 g/mol. The number of methoxy groups -OCH3 is 1. The van der Waals surface area contributed by atoms with Gasteiger partial charge in [0.15, 0.2) is 0 Å². The van der Waals surface area contributed by atoms with Gasteiger partial charge in [-0.05, 0) is 77.7 Å². The molecule has 9 heteroatoms. The maximum absolute atomic E-state index is 13.2. The topological polar surface area (TPSA) is 114 Å². The summed E-state index contributed by atoms with van der Waals surface area (Å²) in [5, 5.41) is 5.58. The van der Waals surface area contributed by atoms with Crippen LogP contribution in [-0.2, 0) is 15.4 Å². The van der Waals surface area contributed by atoms with Crippen molar-refractivity contribution in [2.24, 2.45) is 0 Å². The predicted octanol–water partition coefficient (Wildman–Crippen LogP) is 6.30. The lowest BCUT2D eigenvalue weighted by molar-refractivity contribution is 0.102. The maximum atomic E-state index is 13.2. The van der Waals surface area contributed by atoms with Crippen molar-refractivity contribution in [3.63, 3.8) is 0 Å². The van der Waals surface area contributed by atoms with Gasteiger partial charge in [0.25, 0.3) is 21.8 Å². The van der Waals surface area contributed by atoms with Crippen LogP contribution in [0.15, 0.2) is 102 Å². The number of anilines is 3. The lowest BCUT2D eigenvalue weighted by Gasteiger charge is -2.19. The van der Waals surface area contributed by atoms with Gasteiger partial charge in [-0.2, -0.15) is 0 Å². The summed E-state index contributed by atoms with van der Waals surface area (Å²) in [6.07, 6.45) is 0. The third-order valence-corrected chi connectivity index (χ3v) is 7.58. The van der Waals surface area contributed by atoms with Gasteiger partial charge < -0.3 is 15.4 Å². The number of rotatable bonds is 8. The standard InChI is InChI=1S/C31H31N3O5S/c1-31(2,3)22-12-10-21(11-13-22)29(35)33-28-20-24(34-40(37,38)26-8-6-5-7-9-26)16-19-27(28)30(36)32-23-14-17-25(39-4)18-15-23/h5-20,34H,1-4H3,(H,32,36)(H,33,35). The fourth-order valence-corrected chi connectivity index (χ4v) is 4.98. The molecule has 3 N–H and O–H groups in total. The number of nitrogens with one attached hydrogen (secondary N) is 3. The maximum Gasteiger partial charge on any atom is 0.261 e. The van der Waals surface area contributed by atoms with E-state index in [4.69, 9.17) is 4.74 Å². The van der Waals surface area contributed by atoms with Crippen molar-refractivity contribution < 1.29 is 22.7 Å². The zero-order valence-corrected chi connectivity index (χ0v) is 23.5. The van der Waals surface area contributed by atoms with Crippen molar-refractivity contribution in [2.75, 3.05) is 22.5 Å². The molecule has 0 spiro atoms. The van der Waals surface area contributed by atoms with Gasteiger partial charge in [0.05, 0.1) is 28.9 Å². The average Bonchev–Trinajstić information content (AvgIpc) is 2.93. The van der Waals surface area contributed by atoms with Crippen LogP contribution in [0.4, 0.5) is 17.1 Å². The Morgan fingerprint density at radius 3 is 1.95 bits per heavy atom. The number of sulfonamides is 1. The summed E-state index contributed by atoms with van der Waals surface area (Å²) in [5.74, 6) is -0.290. The second-order valence-electron chi connectivity index (χ2n) is 10.1. The molecule has 4 aromatic carbocycles. The summed E-state index contributed by atoms with van der Waals surface area (Å²) in [4.78, 5) is 26.5. The van der Waals surface area contributed by atoms with Gasteiger partial charge in [-0.1, -0.05) is 51.1 Å². The molecule has 0 aliphatic carbocycles. The number of ether oxygens (including phenoxy) is 1. The van der Waals surface area contributed by atoms with E-state index in [0.717, 1.165) is 5.56 Å². The van der Waals surface area contributed by atoms with E-state index in [1.807, 2.05) is 12.1 Å². The van der Waals surface area contributed by atoms with E-state index in [1.165, 1.54) is 30.3 Å². The Morgan fingerprint density at radius 2 is 1.35 bits per heavy atom. The van der Waals surface area contributed by atoms with Gasteiger partial charge >= 0.3 is 0 Å². The Bertz CT molecular complexity index is 1610. The summed E-state index contributed by atoms with van der Waals surface area (Å²) >= 11 is 0. The molecule has 0 saturated carbocycles. The first-order chi connectivity index (χ1) is 19.0. The van der Waals surface area contributed by atoms with Crippen LogP contribution in [-0.4, -0.2) is 27.3 Å². The van der Waals surface area contributed by atoms with Gasteiger partial charge in [-0.25, -0.2) is 8.42 Å². The molecule has 0 radical (unpaired) electrons. The molecule has 0 heterocycles. The number of hydrogen-bond acceptors (Lipinski definition) is 5. The Hall–Kier alpha value is -4.63. The molecular formula is C31H31N3O5S. The summed E-state index contributed by atoms with van der Waals surface area (Å²) in [7, 11) is -2.34. The summed E-state index contributed by atoms with van der Waals surface area (Å²) in [6, 6.07) is 26.3. The van der Waals surface area contributed by atoms with E-state index in [9.17, 15) is 18.0 Å². The van der Waals surface area contributed by atoms with Crippen molar-refractivity contribution in [1.29, 1.82) is 0 Å². The number of amides is 2. The molecule has 8 nitrogen and oxygen atoms in total. The summed E-state index contributed by atoms with van der Waals surface area (Å²) in [6.45, 7) is 6.24. The summed E-state index contributed by atoms with van der Waals surface area (Å²) in [5.41, 5.74) is 2.39. The second-order valence-corrected chi connectivity index (χ2v) is 11.8. The van der Waals surface area contributed by atoms with Crippen molar-refractivity contribution >= 4 is 38.9 Å². The highest BCUT2D eigenvalue weighted by atomic mass is 32.2. The van der Waals surface area contributed by atoms with Crippen molar-refractivity contribution in [1.82, 2.24) is 0 Å². The van der Waals surface area contributed by atoms with Crippen LogP contribution in [0.3, 0.4) is 0 Å². The van der Waals surface area contributed by atoms with E-state index in [2.05, 4.69) is 36.1 Å². The normalized spacial score (nSPS) is 11.4. The molecule has 0 aromatic heterocycles. The third kappa shape index (κ3) is 6.86. The quantitative estimate of drug-likeness (QED) is 0.235. The van der Waals surface area contributed by atoms with Crippen molar-refractivity contribution in [3.8, 4) is 5.75 Å². The molecule has 40 heavy (non-hydrogen) atoms. The van der Waals surface area contributed by atoms with Crippen molar-refractivity contribution in [2.45, 2.75) is 31.1 Å². The zero-order valence-electron chi connectivity index (χ0n) is 22.7. The number of benzene rings is 4. The number of carbonyl (C=O) groups is 2. The predicted molar refractivity (Wildman–Crippen MR) is 158 cm³/mol. The SMILES string of the molecule is COc1ccc(NC(=O)c2ccc(NS(=O)(=O)c3ccccc3)cc2NC(=O)c2ccc(C(C)(C)C)cc2)cc1. The van der Waals surface area contributed by atoms with Gasteiger partial charge in [-0.15, -0.1) is 0 Å². The molecule has 4 aromatic rings. The first-order valence-electron chi connectivity index (χ1n) is 12.6. The van der Waals surface area contributed by atoms with E-state index in [1.54, 1.807) is 61.7 Å². The highest BCUT2D eigenvalue weighted by Gasteiger charge is 2.20. The van der Waals surface area contributed by atoms with Gasteiger partial charge in [0.1, 0.15) is 5.75 Å². The van der Waals surface area contributed by atoms with Crippen LogP contribution in [0.25, 0.3) is 0 Å². The molecule has 0 aliphatic heterocycles. The molecule has 2 amide bonds. The molecule has 4 rings (SSSR count). The summed E-state index contributed by atoms with van der Waals surface area (Å²) < 4.78 is 33.5. The van der Waals surface area contributed by atoms with Crippen LogP contribution < -0.4 is 20.1 Å². The highest BCUT2D eigenvalue weighted by Crippen LogP contribution is 2.27. The highest BCUT2D eigenvalue weighted by molar-refractivity contribution is 7.92. The smallest absolute Gasteiger partial charge is 0.261 e.